The first-order valence-electron chi connectivity index (χ1n) is 5.81. The van der Waals surface area contributed by atoms with Gasteiger partial charge in [-0.2, -0.15) is 5.10 Å². The van der Waals surface area contributed by atoms with Crippen molar-refractivity contribution in [3.63, 3.8) is 0 Å². The number of hydrogen-bond donors (Lipinski definition) is 0. The number of thioether (sulfide) groups is 2. The number of nitrogens with zero attached hydrogens (tertiary/aromatic N) is 3. The highest BCUT2D eigenvalue weighted by atomic mass is 32.2. The Labute approximate surface area is 119 Å². The summed E-state index contributed by atoms with van der Waals surface area (Å²) in [6.07, 6.45) is 3.02. The molecule has 0 aliphatic carbocycles. The third-order valence-corrected chi connectivity index (χ3v) is 5.33. The lowest BCUT2D eigenvalue weighted by molar-refractivity contribution is 0.105. The minimum atomic E-state index is -0.0111. The molecule has 1 aromatic heterocycles. The Kier molecular flexibility index (Phi) is 3.70. The SMILES string of the molecule is O=C(C(=C1SCCS1)n1cncn1)c1ccccc1. The van der Waals surface area contributed by atoms with Crippen LogP contribution in [0.15, 0.2) is 47.2 Å². The maximum atomic E-state index is 12.7. The van der Waals surface area contributed by atoms with Crippen LogP contribution in [-0.2, 0) is 0 Å². The highest BCUT2D eigenvalue weighted by Gasteiger charge is 2.23. The van der Waals surface area contributed by atoms with Gasteiger partial charge in [0, 0.05) is 17.1 Å². The molecule has 1 aliphatic rings. The number of hydrogen-bond acceptors (Lipinski definition) is 5. The molecule has 1 aliphatic heterocycles. The van der Waals surface area contributed by atoms with Gasteiger partial charge in [0.25, 0.3) is 0 Å². The van der Waals surface area contributed by atoms with Crippen molar-refractivity contribution in [2.45, 2.75) is 0 Å². The maximum absolute atomic E-state index is 12.7. The van der Waals surface area contributed by atoms with Gasteiger partial charge in [-0.05, 0) is 0 Å². The van der Waals surface area contributed by atoms with Gasteiger partial charge in [-0.25, -0.2) is 9.67 Å². The number of carbonyl (C=O) groups excluding carboxylic acids is 1. The molecular formula is C13H11N3OS2. The molecule has 6 heteroatoms. The van der Waals surface area contributed by atoms with E-state index in [2.05, 4.69) is 10.1 Å². The second-order valence-corrected chi connectivity index (χ2v) is 6.34. The van der Waals surface area contributed by atoms with E-state index >= 15 is 0 Å². The van der Waals surface area contributed by atoms with Crippen LogP contribution in [0.5, 0.6) is 0 Å². The predicted molar refractivity (Wildman–Crippen MR) is 78.9 cm³/mol. The molecule has 2 heterocycles. The van der Waals surface area contributed by atoms with E-state index in [1.807, 2.05) is 30.3 Å². The molecule has 0 radical (unpaired) electrons. The van der Waals surface area contributed by atoms with E-state index in [1.54, 1.807) is 34.5 Å². The lowest BCUT2D eigenvalue weighted by Crippen LogP contribution is -2.11. The lowest BCUT2D eigenvalue weighted by atomic mass is 10.1. The first kappa shape index (κ1) is 12.5. The molecule has 0 bridgehead atoms. The molecule has 0 unspecified atom stereocenters. The van der Waals surface area contributed by atoms with Crippen molar-refractivity contribution in [1.29, 1.82) is 0 Å². The van der Waals surface area contributed by atoms with Crippen LogP contribution in [0.4, 0.5) is 0 Å². The summed E-state index contributed by atoms with van der Waals surface area (Å²) in [6, 6.07) is 9.28. The molecule has 96 valence electrons. The van der Waals surface area contributed by atoms with E-state index in [1.165, 1.54) is 6.33 Å². The Bertz CT molecular complexity index is 600. The van der Waals surface area contributed by atoms with Crippen molar-refractivity contribution in [3.05, 3.63) is 52.8 Å². The van der Waals surface area contributed by atoms with Gasteiger partial charge >= 0.3 is 0 Å². The van der Waals surface area contributed by atoms with E-state index in [9.17, 15) is 4.79 Å². The molecule has 0 saturated carbocycles. The van der Waals surface area contributed by atoms with Gasteiger partial charge in [-0.3, -0.25) is 4.79 Å². The second-order valence-electron chi connectivity index (χ2n) is 3.87. The minimum absolute atomic E-state index is 0.0111. The first-order chi connectivity index (χ1) is 9.36. The average Bonchev–Trinajstić information content (AvgIpc) is 3.13. The number of rotatable bonds is 3. The summed E-state index contributed by atoms with van der Waals surface area (Å²) in [5.74, 6) is 2.04. The van der Waals surface area contributed by atoms with Crippen LogP contribution in [-0.4, -0.2) is 32.1 Å². The van der Waals surface area contributed by atoms with Gasteiger partial charge in [0.05, 0.1) is 4.24 Å². The van der Waals surface area contributed by atoms with Crippen LogP contribution in [0.1, 0.15) is 10.4 Å². The molecule has 1 saturated heterocycles. The number of ketones is 1. The molecule has 0 N–H and O–H groups in total. The maximum Gasteiger partial charge on any atom is 0.213 e. The highest BCUT2D eigenvalue weighted by Crippen LogP contribution is 2.40. The largest absolute Gasteiger partial charge is 0.287 e. The number of benzene rings is 1. The summed E-state index contributed by atoms with van der Waals surface area (Å²) in [6.45, 7) is 0. The molecule has 0 spiro atoms. The molecule has 3 rings (SSSR count). The Morgan fingerprint density at radius 1 is 1.16 bits per heavy atom. The quantitative estimate of drug-likeness (QED) is 0.642. The zero-order valence-corrected chi connectivity index (χ0v) is 11.7. The molecule has 19 heavy (non-hydrogen) atoms. The van der Waals surface area contributed by atoms with Crippen LogP contribution in [0.3, 0.4) is 0 Å². The zero-order valence-electron chi connectivity index (χ0n) is 10.0. The fraction of sp³-hybridized carbons (Fsp3) is 0.154. The summed E-state index contributed by atoms with van der Waals surface area (Å²) in [5.41, 5.74) is 1.28. The predicted octanol–water partition coefficient (Wildman–Crippen LogP) is 2.77. The summed E-state index contributed by atoms with van der Waals surface area (Å²) in [5, 5.41) is 4.11. The monoisotopic (exact) mass is 289 g/mol. The van der Waals surface area contributed by atoms with Crippen LogP contribution < -0.4 is 0 Å². The van der Waals surface area contributed by atoms with Gasteiger partial charge in [0.15, 0.2) is 0 Å². The van der Waals surface area contributed by atoms with Crippen molar-refractivity contribution in [2.75, 3.05) is 11.5 Å². The summed E-state index contributed by atoms with van der Waals surface area (Å²) < 4.78 is 2.59. The third-order valence-electron chi connectivity index (χ3n) is 2.64. The van der Waals surface area contributed by atoms with Gasteiger partial charge in [0.1, 0.15) is 18.4 Å². The summed E-state index contributed by atoms with van der Waals surface area (Å²) in [4.78, 5) is 16.6. The van der Waals surface area contributed by atoms with Crippen LogP contribution >= 0.6 is 23.5 Å². The minimum Gasteiger partial charge on any atom is -0.287 e. The van der Waals surface area contributed by atoms with Gasteiger partial charge in [0.2, 0.25) is 5.78 Å². The van der Waals surface area contributed by atoms with Crippen molar-refractivity contribution in [1.82, 2.24) is 14.8 Å². The molecule has 0 atom stereocenters. The number of carbonyl (C=O) groups is 1. The fourth-order valence-electron chi connectivity index (χ4n) is 1.79. The number of aromatic nitrogens is 3. The zero-order chi connectivity index (χ0) is 13.1. The second kappa shape index (κ2) is 5.63. The smallest absolute Gasteiger partial charge is 0.213 e. The van der Waals surface area contributed by atoms with Crippen LogP contribution in [0.25, 0.3) is 5.70 Å². The molecule has 0 amide bonds. The van der Waals surface area contributed by atoms with Gasteiger partial charge in [-0.1, -0.05) is 30.3 Å². The van der Waals surface area contributed by atoms with E-state index in [4.69, 9.17) is 0 Å². The molecule has 4 nitrogen and oxygen atoms in total. The van der Waals surface area contributed by atoms with Gasteiger partial charge < -0.3 is 0 Å². The standard InChI is InChI=1S/C13H11N3OS2/c17-12(10-4-2-1-3-5-10)11(13-18-6-7-19-13)16-9-14-8-15-16/h1-5,8-9H,6-7H2. The molecule has 1 fully saturated rings. The Morgan fingerprint density at radius 2 is 1.89 bits per heavy atom. The van der Waals surface area contributed by atoms with E-state index < -0.39 is 0 Å². The Morgan fingerprint density at radius 3 is 2.53 bits per heavy atom. The van der Waals surface area contributed by atoms with Crippen molar-refractivity contribution in [2.24, 2.45) is 0 Å². The topological polar surface area (TPSA) is 47.8 Å². The summed E-state index contributed by atoms with van der Waals surface area (Å²) >= 11 is 3.41. The average molecular weight is 289 g/mol. The Hall–Kier alpha value is -1.53. The Balaban J connectivity index is 2.06. The molecule has 2 aromatic rings. The highest BCUT2D eigenvalue weighted by molar-refractivity contribution is 8.25. The van der Waals surface area contributed by atoms with E-state index in [0.717, 1.165) is 15.7 Å². The van der Waals surface area contributed by atoms with Crippen LogP contribution in [0, 0.1) is 0 Å². The third kappa shape index (κ3) is 2.59. The van der Waals surface area contributed by atoms with Crippen molar-refractivity contribution >= 4 is 35.0 Å². The van der Waals surface area contributed by atoms with E-state index in [-0.39, 0.29) is 5.78 Å². The number of allylic oxidation sites excluding steroid dienone is 1. The molecule has 1 aromatic carbocycles. The lowest BCUT2D eigenvalue weighted by Gasteiger charge is -2.09. The first-order valence-corrected chi connectivity index (χ1v) is 7.78. The molecular weight excluding hydrogens is 278 g/mol. The number of Topliss-reactive ketones (excluding diaryl/α,β-unsaturated/α-hetero) is 1. The summed E-state index contributed by atoms with van der Waals surface area (Å²) in [7, 11) is 0. The van der Waals surface area contributed by atoms with E-state index in [0.29, 0.717) is 11.3 Å². The van der Waals surface area contributed by atoms with Crippen LogP contribution in [0.2, 0.25) is 0 Å². The normalized spacial score (nSPS) is 14.6. The van der Waals surface area contributed by atoms with Crippen molar-refractivity contribution in [3.8, 4) is 0 Å². The van der Waals surface area contributed by atoms with Gasteiger partial charge in [-0.15, -0.1) is 23.5 Å². The van der Waals surface area contributed by atoms with Crippen molar-refractivity contribution < 1.29 is 4.79 Å². The fourth-order valence-corrected chi connectivity index (χ4v) is 4.30.